The second kappa shape index (κ2) is 6.79. The summed E-state index contributed by atoms with van der Waals surface area (Å²) >= 11 is 0. The number of para-hydroxylation sites is 1. The highest BCUT2D eigenvalue weighted by Gasteiger charge is 2.11. The van der Waals surface area contributed by atoms with Gasteiger partial charge >= 0.3 is 0 Å². The van der Waals surface area contributed by atoms with Crippen LogP contribution in [0.4, 0.5) is 0 Å². The molecule has 1 N–H and O–H groups in total. The van der Waals surface area contributed by atoms with Crippen molar-refractivity contribution in [1.29, 1.82) is 0 Å². The summed E-state index contributed by atoms with van der Waals surface area (Å²) in [5.41, 5.74) is 1.52. The Morgan fingerprint density at radius 3 is 2.50 bits per heavy atom. The number of aryl methyl sites for hydroxylation is 1. The smallest absolute Gasteiger partial charge is 0.122 e. The molecule has 0 aliphatic heterocycles. The Labute approximate surface area is 112 Å². The molecule has 0 saturated heterocycles. The van der Waals surface area contributed by atoms with Crippen molar-refractivity contribution in [3.05, 3.63) is 29.8 Å². The Morgan fingerprint density at radius 2 is 1.89 bits per heavy atom. The zero-order valence-corrected chi connectivity index (χ0v) is 12.4. The summed E-state index contributed by atoms with van der Waals surface area (Å²) in [5.74, 6) is 1.68. The van der Waals surface area contributed by atoms with Crippen LogP contribution in [-0.2, 0) is 6.42 Å². The van der Waals surface area contributed by atoms with Crippen LogP contribution < -0.4 is 10.1 Å². The Kier molecular flexibility index (Phi) is 5.67. The zero-order chi connectivity index (χ0) is 13.6. The van der Waals surface area contributed by atoms with Crippen LogP contribution in [0.2, 0.25) is 0 Å². The highest BCUT2D eigenvalue weighted by Crippen LogP contribution is 2.20. The largest absolute Gasteiger partial charge is 0.496 e. The molecule has 1 aromatic carbocycles. The molecule has 1 unspecified atom stereocenters. The fourth-order valence-electron chi connectivity index (χ4n) is 1.89. The van der Waals surface area contributed by atoms with Gasteiger partial charge in [0.2, 0.25) is 0 Å². The van der Waals surface area contributed by atoms with Crippen LogP contribution in [0.15, 0.2) is 24.3 Å². The first-order chi connectivity index (χ1) is 8.42. The molecular weight excluding hydrogens is 222 g/mol. The number of rotatable bonds is 6. The lowest BCUT2D eigenvalue weighted by atomic mass is 9.99. The Balaban J connectivity index is 2.40. The summed E-state index contributed by atoms with van der Waals surface area (Å²) in [4.78, 5) is 0. The first-order valence-electron chi connectivity index (χ1n) is 6.79. The van der Waals surface area contributed by atoms with E-state index in [9.17, 15) is 0 Å². The Hall–Kier alpha value is -1.02. The van der Waals surface area contributed by atoms with Gasteiger partial charge in [-0.25, -0.2) is 0 Å². The number of benzene rings is 1. The van der Waals surface area contributed by atoms with E-state index in [4.69, 9.17) is 4.74 Å². The number of methoxy groups -OCH3 is 1. The Morgan fingerprint density at radius 1 is 1.22 bits per heavy atom. The highest BCUT2D eigenvalue weighted by atomic mass is 16.5. The van der Waals surface area contributed by atoms with Crippen LogP contribution in [0, 0.1) is 5.92 Å². The summed E-state index contributed by atoms with van der Waals surface area (Å²) in [7, 11) is 1.74. The highest BCUT2D eigenvalue weighted by molar-refractivity contribution is 5.33. The molecule has 0 radical (unpaired) electrons. The van der Waals surface area contributed by atoms with Crippen molar-refractivity contribution in [2.45, 2.75) is 46.1 Å². The molecule has 0 aliphatic carbocycles. The number of hydrogen-bond donors (Lipinski definition) is 1. The van der Waals surface area contributed by atoms with E-state index in [0.717, 1.165) is 18.7 Å². The van der Waals surface area contributed by atoms with Gasteiger partial charge in [-0.05, 0) is 57.7 Å². The SMILES string of the molecule is COc1ccccc1CCC(C)CNC(C)(C)C. The molecule has 18 heavy (non-hydrogen) atoms. The molecule has 0 bridgehead atoms. The van der Waals surface area contributed by atoms with Gasteiger partial charge in [-0.1, -0.05) is 25.1 Å². The van der Waals surface area contributed by atoms with E-state index in [-0.39, 0.29) is 5.54 Å². The monoisotopic (exact) mass is 249 g/mol. The van der Waals surface area contributed by atoms with Crippen LogP contribution in [0.25, 0.3) is 0 Å². The maximum absolute atomic E-state index is 5.38. The van der Waals surface area contributed by atoms with Gasteiger partial charge in [0.1, 0.15) is 5.75 Å². The molecular formula is C16H27NO. The molecule has 1 atom stereocenters. The van der Waals surface area contributed by atoms with E-state index in [1.807, 2.05) is 12.1 Å². The Bertz CT molecular complexity index is 354. The molecule has 1 aromatic rings. The van der Waals surface area contributed by atoms with Gasteiger partial charge in [-0.15, -0.1) is 0 Å². The number of ether oxygens (including phenoxy) is 1. The van der Waals surface area contributed by atoms with Crippen molar-refractivity contribution in [3.8, 4) is 5.75 Å². The van der Waals surface area contributed by atoms with Crippen molar-refractivity contribution in [1.82, 2.24) is 5.32 Å². The van der Waals surface area contributed by atoms with Crippen LogP contribution >= 0.6 is 0 Å². The third kappa shape index (κ3) is 5.54. The average molecular weight is 249 g/mol. The standard InChI is InChI=1S/C16H27NO/c1-13(12-17-16(2,3)4)10-11-14-8-6-7-9-15(14)18-5/h6-9,13,17H,10-12H2,1-5H3. The fourth-order valence-corrected chi connectivity index (χ4v) is 1.89. The molecule has 2 nitrogen and oxygen atoms in total. The summed E-state index contributed by atoms with van der Waals surface area (Å²) in [5, 5.41) is 3.56. The summed E-state index contributed by atoms with van der Waals surface area (Å²) in [6.07, 6.45) is 2.26. The van der Waals surface area contributed by atoms with Gasteiger partial charge in [0.05, 0.1) is 7.11 Å². The normalized spacial score (nSPS) is 13.4. The number of hydrogen-bond acceptors (Lipinski definition) is 2. The van der Waals surface area contributed by atoms with E-state index in [1.165, 1.54) is 12.0 Å². The molecule has 1 rings (SSSR count). The topological polar surface area (TPSA) is 21.3 Å². The van der Waals surface area contributed by atoms with E-state index >= 15 is 0 Å². The maximum atomic E-state index is 5.38. The molecule has 0 saturated carbocycles. The molecule has 0 amide bonds. The first-order valence-corrected chi connectivity index (χ1v) is 6.79. The minimum absolute atomic E-state index is 0.207. The van der Waals surface area contributed by atoms with Crippen LogP contribution in [0.1, 0.15) is 39.7 Å². The van der Waals surface area contributed by atoms with E-state index in [0.29, 0.717) is 5.92 Å². The molecule has 0 heterocycles. The molecule has 2 heteroatoms. The number of nitrogens with one attached hydrogen (secondary N) is 1. The predicted molar refractivity (Wildman–Crippen MR) is 78.2 cm³/mol. The third-order valence-corrected chi connectivity index (χ3v) is 3.08. The third-order valence-electron chi connectivity index (χ3n) is 3.08. The van der Waals surface area contributed by atoms with E-state index in [1.54, 1.807) is 7.11 Å². The fraction of sp³-hybridized carbons (Fsp3) is 0.625. The average Bonchev–Trinajstić information content (AvgIpc) is 2.33. The van der Waals surface area contributed by atoms with Gasteiger partial charge in [-0.2, -0.15) is 0 Å². The molecule has 102 valence electrons. The molecule has 0 spiro atoms. The van der Waals surface area contributed by atoms with Gasteiger partial charge in [0.25, 0.3) is 0 Å². The van der Waals surface area contributed by atoms with Crippen molar-refractivity contribution in [2.24, 2.45) is 5.92 Å². The maximum Gasteiger partial charge on any atom is 0.122 e. The second-order valence-corrected chi connectivity index (χ2v) is 6.09. The minimum atomic E-state index is 0.207. The van der Waals surface area contributed by atoms with E-state index in [2.05, 4.69) is 45.1 Å². The van der Waals surface area contributed by atoms with Crippen LogP contribution in [0.5, 0.6) is 5.75 Å². The van der Waals surface area contributed by atoms with Gasteiger partial charge in [0.15, 0.2) is 0 Å². The zero-order valence-electron chi connectivity index (χ0n) is 12.4. The quantitative estimate of drug-likeness (QED) is 0.831. The molecule has 0 fully saturated rings. The molecule has 0 aliphatic rings. The summed E-state index contributed by atoms with van der Waals surface area (Å²) < 4.78 is 5.38. The van der Waals surface area contributed by atoms with Gasteiger partial charge < -0.3 is 10.1 Å². The van der Waals surface area contributed by atoms with Crippen molar-refractivity contribution in [3.63, 3.8) is 0 Å². The van der Waals surface area contributed by atoms with E-state index < -0.39 is 0 Å². The van der Waals surface area contributed by atoms with Crippen molar-refractivity contribution in [2.75, 3.05) is 13.7 Å². The van der Waals surface area contributed by atoms with Crippen LogP contribution in [-0.4, -0.2) is 19.2 Å². The molecule has 0 aromatic heterocycles. The summed E-state index contributed by atoms with van der Waals surface area (Å²) in [6.45, 7) is 9.99. The van der Waals surface area contributed by atoms with Gasteiger partial charge in [-0.3, -0.25) is 0 Å². The summed E-state index contributed by atoms with van der Waals surface area (Å²) in [6, 6.07) is 8.29. The van der Waals surface area contributed by atoms with Crippen molar-refractivity contribution >= 4 is 0 Å². The lowest BCUT2D eigenvalue weighted by molar-refractivity contribution is 0.369. The first kappa shape index (κ1) is 15.0. The second-order valence-electron chi connectivity index (χ2n) is 6.09. The van der Waals surface area contributed by atoms with Crippen LogP contribution in [0.3, 0.4) is 0 Å². The lowest BCUT2D eigenvalue weighted by Gasteiger charge is -2.23. The predicted octanol–water partition coefficient (Wildman–Crippen LogP) is 3.65. The van der Waals surface area contributed by atoms with Crippen molar-refractivity contribution < 1.29 is 4.74 Å². The van der Waals surface area contributed by atoms with Gasteiger partial charge in [0, 0.05) is 5.54 Å². The lowest BCUT2D eigenvalue weighted by Crippen LogP contribution is -2.38. The minimum Gasteiger partial charge on any atom is -0.496 e.